The van der Waals surface area contributed by atoms with Gasteiger partial charge in [-0.2, -0.15) is 0 Å². The fourth-order valence-corrected chi connectivity index (χ4v) is 6.72. The van der Waals surface area contributed by atoms with Crippen LogP contribution >= 0.6 is 11.3 Å². The second-order valence-electron chi connectivity index (χ2n) is 6.28. The molecular weight excluding hydrogens is 324 g/mol. The molecule has 6 nitrogen and oxygen atoms in total. The standard InChI is InChI=1S/C14H20N2O4S2/c1-2-10-8-21-13(15-10)16-11-3-4-22(19,20)14(7-11)5-9(6-14)12(17)18/h8-9,11H,2-7H2,1H3,(H,15,16)(H,17,18). The number of rotatable bonds is 4. The lowest BCUT2D eigenvalue weighted by Crippen LogP contribution is -2.58. The Morgan fingerprint density at radius 3 is 2.82 bits per heavy atom. The molecule has 1 saturated carbocycles. The predicted molar refractivity (Wildman–Crippen MR) is 85.0 cm³/mol. The van der Waals surface area contributed by atoms with Gasteiger partial charge in [0, 0.05) is 11.4 Å². The molecule has 22 heavy (non-hydrogen) atoms. The maximum absolute atomic E-state index is 12.4. The van der Waals surface area contributed by atoms with Crippen LogP contribution in [0.2, 0.25) is 0 Å². The monoisotopic (exact) mass is 344 g/mol. The molecule has 2 N–H and O–H groups in total. The van der Waals surface area contributed by atoms with Crippen molar-refractivity contribution in [3.63, 3.8) is 0 Å². The van der Waals surface area contributed by atoms with Crippen LogP contribution in [-0.2, 0) is 21.1 Å². The number of hydrogen-bond donors (Lipinski definition) is 2. The highest BCUT2D eigenvalue weighted by Crippen LogP contribution is 2.50. The second kappa shape index (κ2) is 5.49. The lowest BCUT2D eigenvalue weighted by atomic mass is 9.70. The quantitative estimate of drug-likeness (QED) is 0.866. The summed E-state index contributed by atoms with van der Waals surface area (Å²) in [4.78, 5) is 15.5. The van der Waals surface area contributed by atoms with E-state index in [0.717, 1.165) is 17.2 Å². The molecule has 3 rings (SSSR count). The lowest BCUT2D eigenvalue weighted by Gasteiger charge is -2.49. The van der Waals surface area contributed by atoms with Crippen LogP contribution in [0.15, 0.2) is 5.38 Å². The van der Waals surface area contributed by atoms with E-state index in [2.05, 4.69) is 10.3 Å². The highest BCUT2D eigenvalue weighted by Gasteiger charge is 2.58. The number of aromatic nitrogens is 1. The summed E-state index contributed by atoms with van der Waals surface area (Å²) < 4.78 is 23.9. The van der Waals surface area contributed by atoms with E-state index in [-0.39, 0.29) is 24.6 Å². The number of carbonyl (C=O) groups is 1. The maximum atomic E-state index is 12.4. The Bertz CT molecular complexity index is 677. The highest BCUT2D eigenvalue weighted by molar-refractivity contribution is 7.92. The fourth-order valence-electron chi connectivity index (χ4n) is 3.46. The Labute approximate surface area is 133 Å². The van der Waals surface area contributed by atoms with Gasteiger partial charge in [-0.25, -0.2) is 13.4 Å². The van der Waals surface area contributed by atoms with Crippen LogP contribution in [0.25, 0.3) is 0 Å². The van der Waals surface area contributed by atoms with Gasteiger partial charge in [-0.15, -0.1) is 11.3 Å². The van der Waals surface area contributed by atoms with Gasteiger partial charge in [-0.05, 0) is 32.1 Å². The zero-order valence-corrected chi connectivity index (χ0v) is 14.0. The Hall–Kier alpha value is -1.15. The molecule has 122 valence electrons. The molecule has 1 aliphatic heterocycles. The van der Waals surface area contributed by atoms with Crippen LogP contribution in [0.1, 0.15) is 38.3 Å². The summed E-state index contributed by atoms with van der Waals surface area (Å²) in [6.45, 7) is 2.04. The van der Waals surface area contributed by atoms with Gasteiger partial charge >= 0.3 is 5.97 Å². The topological polar surface area (TPSA) is 96.4 Å². The molecule has 1 aliphatic carbocycles. The predicted octanol–water partition coefficient (Wildman–Crippen LogP) is 1.93. The van der Waals surface area contributed by atoms with Crippen LogP contribution in [0.4, 0.5) is 5.13 Å². The number of nitrogens with zero attached hydrogens (tertiary/aromatic N) is 1. The van der Waals surface area contributed by atoms with Crippen molar-refractivity contribution in [1.82, 2.24) is 4.98 Å². The minimum atomic E-state index is -3.20. The smallest absolute Gasteiger partial charge is 0.306 e. The molecule has 1 atom stereocenters. The van der Waals surface area contributed by atoms with Crippen molar-refractivity contribution >= 4 is 32.3 Å². The third kappa shape index (κ3) is 2.62. The number of nitrogens with one attached hydrogen (secondary N) is 1. The molecule has 2 fully saturated rings. The summed E-state index contributed by atoms with van der Waals surface area (Å²) in [5.74, 6) is -1.27. The van der Waals surface area contributed by atoms with E-state index in [4.69, 9.17) is 5.11 Å². The number of carboxylic acid groups (broad SMARTS) is 1. The van der Waals surface area contributed by atoms with Crippen molar-refractivity contribution in [3.05, 3.63) is 11.1 Å². The van der Waals surface area contributed by atoms with Crippen molar-refractivity contribution < 1.29 is 18.3 Å². The molecule has 2 aliphatic rings. The first-order valence-corrected chi connectivity index (χ1v) is 10.0. The number of aryl methyl sites for hydroxylation is 1. The van der Waals surface area contributed by atoms with E-state index >= 15 is 0 Å². The van der Waals surface area contributed by atoms with Crippen molar-refractivity contribution in [2.75, 3.05) is 11.1 Å². The van der Waals surface area contributed by atoms with Crippen LogP contribution in [0, 0.1) is 5.92 Å². The summed E-state index contributed by atoms with van der Waals surface area (Å²) in [5, 5.41) is 15.2. The van der Waals surface area contributed by atoms with E-state index in [0.29, 0.717) is 12.8 Å². The van der Waals surface area contributed by atoms with E-state index < -0.39 is 26.5 Å². The number of hydrogen-bond acceptors (Lipinski definition) is 6. The zero-order chi connectivity index (χ0) is 16.0. The van der Waals surface area contributed by atoms with E-state index in [1.165, 1.54) is 11.3 Å². The van der Waals surface area contributed by atoms with Crippen molar-refractivity contribution in [3.8, 4) is 0 Å². The van der Waals surface area contributed by atoms with Crippen LogP contribution in [0.3, 0.4) is 0 Å². The molecule has 0 radical (unpaired) electrons. The second-order valence-corrected chi connectivity index (χ2v) is 9.64. The van der Waals surface area contributed by atoms with Crippen LogP contribution in [0.5, 0.6) is 0 Å². The Morgan fingerprint density at radius 1 is 1.50 bits per heavy atom. The van der Waals surface area contributed by atoms with Crippen LogP contribution < -0.4 is 5.32 Å². The molecule has 1 spiro atoms. The van der Waals surface area contributed by atoms with Gasteiger partial charge in [0.05, 0.1) is 22.1 Å². The number of aliphatic carboxylic acids is 1. The van der Waals surface area contributed by atoms with Gasteiger partial charge in [-0.3, -0.25) is 4.79 Å². The van der Waals surface area contributed by atoms with E-state index in [1.807, 2.05) is 12.3 Å². The van der Waals surface area contributed by atoms with Gasteiger partial charge in [-0.1, -0.05) is 6.92 Å². The minimum Gasteiger partial charge on any atom is -0.481 e. The number of carboxylic acids is 1. The van der Waals surface area contributed by atoms with Crippen molar-refractivity contribution in [1.29, 1.82) is 0 Å². The molecule has 0 bridgehead atoms. The minimum absolute atomic E-state index is 0.0501. The fraction of sp³-hybridized carbons (Fsp3) is 0.714. The molecular formula is C14H20N2O4S2. The largest absolute Gasteiger partial charge is 0.481 e. The molecule has 2 heterocycles. The third-order valence-corrected chi connectivity index (χ3v) is 8.26. The molecule has 1 unspecified atom stereocenters. The summed E-state index contributed by atoms with van der Waals surface area (Å²) in [6.07, 6.45) is 2.42. The highest BCUT2D eigenvalue weighted by atomic mass is 32.2. The Balaban J connectivity index is 1.70. The summed E-state index contributed by atoms with van der Waals surface area (Å²) in [5.41, 5.74) is 1.03. The average Bonchev–Trinajstić information content (AvgIpc) is 2.85. The average molecular weight is 344 g/mol. The molecule has 1 aromatic rings. The first-order chi connectivity index (χ1) is 10.4. The first kappa shape index (κ1) is 15.7. The Morgan fingerprint density at radius 2 is 2.23 bits per heavy atom. The number of thiazole rings is 1. The summed E-state index contributed by atoms with van der Waals surface area (Å²) in [7, 11) is -3.20. The van der Waals surface area contributed by atoms with Gasteiger partial charge in [0.15, 0.2) is 15.0 Å². The van der Waals surface area contributed by atoms with Crippen LogP contribution in [-0.4, -0.2) is 41.0 Å². The molecule has 1 aromatic heterocycles. The Kier molecular flexibility index (Phi) is 3.92. The number of anilines is 1. The number of sulfone groups is 1. The summed E-state index contributed by atoms with van der Waals surface area (Å²) >= 11 is 1.53. The maximum Gasteiger partial charge on any atom is 0.306 e. The van der Waals surface area contributed by atoms with Gasteiger partial charge in [0.1, 0.15) is 0 Å². The third-order valence-electron chi connectivity index (χ3n) is 4.84. The summed E-state index contributed by atoms with van der Waals surface area (Å²) in [6, 6.07) is 0.0501. The van der Waals surface area contributed by atoms with Gasteiger partial charge in [0.2, 0.25) is 0 Å². The SMILES string of the molecule is CCc1csc(NC2CCS(=O)(=O)C3(C2)CC(C(=O)O)C3)n1. The first-order valence-electron chi connectivity index (χ1n) is 7.51. The van der Waals surface area contributed by atoms with E-state index in [9.17, 15) is 13.2 Å². The zero-order valence-electron chi connectivity index (χ0n) is 12.4. The van der Waals surface area contributed by atoms with Gasteiger partial charge in [0.25, 0.3) is 0 Å². The van der Waals surface area contributed by atoms with Crippen molar-refractivity contribution in [2.45, 2.75) is 49.8 Å². The van der Waals surface area contributed by atoms with E-state index in [1.54, 1.807) is 0 Å². The molecule has 1 saturated heterocycles. The normalized spacial score (nSPS) is 33.3. The molecule has 0 aromatic carbocycles. The lowest BCUT2D eigenvalue weighted by molar-refractivity contribution is -0.145. The molecule has 0 amide bonds. The van der Waals surface area contributed by atoms with Gasteiger partial charge < -0.3 is 10.4 Å². The van der Waals surface area contributed by atoms with Crippen molar-refractivity contribution in [2.24, 2.45) is 5.92 Å². The molecule has 8 heteroatoms.